The number of amides is 1. The Kier molecular flexibility index (Phi) is 3.73. The van der Waals surface area contributed by atoms with Crippen LogP contribution in [-0.4, -0.2) is 28.3 Å². The summed E-state index contributed by atoms with van der Waals surface area (Å²) in [5, 5.41) is 7.10. The van der Waals surface area contributed by atoms with Crippen LogP contribution in [0.3, 0.4) is 0 Å². The van der Waals surface area contributed by atoms with Crippen LogP contribution in [0.15, 0.2) is 48.3 Å². The first-order chi connectivity index (χ1) is 10.2. The van der Waals surface area contributed by atoms with Gasteiger partial charge in [0.25, 0.3) is 5.91 Å². The van der Waals surface area contributed by atoms with E-state index >= 15 is 0 Å². The van der Waals surface area contributed by atoms with Crippen molar-refractivity contribution < 1.29 is 9.53 Å². The van der Waals surface area contributed by atoms with Crippen LogP contribution in [0.5, 0.6) is 5.75 Å². The van der Waals surface area contributed by atoms with Crippen LogP contribution in [0.1, 0.15) is 12.5 Å². The number of nitrogens with one attached hydrogen (secondary N) is 1. The third kappa shape index (κ3) is 3.13. The number of carbonyl (C=O) groups is 1. The summed E-state index contributed by atoms with van der Waals surface area (Å²) in [6.45, 7) is 2.90. The minimum absolute atomic E-state index is 0.00419. The topological polar surface area (TPSA) is 56.2 Å². The average molecular weight is 283 g/mol. The third-order valence-corrected chi connectivity index (χ3v) is 3.32. The Morgan fingerprint density at radius 2 is 2.29 bits per heavy atom. The molecule has 0 saturated heterocycles. The highest BCUT2D eigenvalue weighted by Crippen LogP contribution is 2.25. The first-order valence-electron chi connectivity index (χ1n) is 6.93. The first kappa shape index (κ1) is 13.4. The standard InChI is InChI=1S/C16H17N3O2/c1-12(10-19-8-4-7-17-19)18-16(20)14-9-13-5-2-3-6-15(13)21-11-14/h2-9,12H,10-11H2,1H3,(H,18,20)/t12-/m0/s1. The molecule has 0 fully saturated rings. The summed E-state index contributed by atoms with van der Waals surface area (Å²) in [5.74, 6) is 0.725. The summed E-state index contributed by atoms with van der Waals surface area (Å²) < 4.78 is 7.40. The van der Waals surface area contributed by atoms with E-state index in [0.717, 1.165) is 11.3 Å². The lowest BCUT2D eigenvalue weighted by Crippen LogP contribution is -2.38. The van der Waals surface area contributed by atoms with Gasteiger partial charge in [-0.3, -0.25) is 9.48 Å². The number of benzene rings is 1. The van der Waals surface area contributed by atoms with Crippen LogP contribution < -0.4 is 10.1 Å². The molecule has 1 aromatic carbocycles. The molecule has 0 aliphatic carbocycles. The lowest BCUT2D eigenvalue weighted by Gasteiger charge is -2.19. The van der Waals surface area contributed by atoms with Crippen molar-refractivity contribution in [3.8, 4) is 5.75 Å². The molecule has 1 N–H and O–H groups in total. The van der Waals surface area contributed by atoms with Crippen LogP contribution in [0, 0.1) is 0 Å². The van der Waals surface area contributed by atoms with E-state index in [4.69, 9.17) is 4.74 Å². The fourth-order valence-electron chi connectivity index (χ4n) is 2.30. The molecule has 108 valence electrons. The Balaban J connectivity index is 1.65. The van der Waals surface area contributed by atoms with Crippen molar-refractivity contribution in [2.75, 3.05) is 6.61 Å². The van der Waals surface area contributed by atoms with Gasteiger partial charge in [0.2, 0.25) is 0 Å². The van der Waals surface area contributed by atoms with E-state index in [0.29, 0.717) is 18.7 Å². The number of fused-ring (bicyclic) bond motifs is 1. The molecule has 3 rings (SSSR count). The monoisotopic (exact) mass is 283 g/mol. The predicted octanol–water partition coefficient (Wildman–Crippen LogP) is 1.86. The van der Waals surface area contributed by atoms with Crippen LogP contribution in [0.4, 0.5) is 0 Å². The molecule has 0 saturated carbocycles. The van der Waals surface area contributed by atoms with Gasteiger partial charge in [-0.25, -0.2) is 0 Å². The summed E-state index contributed by atoms with van der Waals surface area (Å²) in [6, 6.07) is 9.55. The van der Waals surface area contributed by atoms with Gasteiger partial charge in [-0.1, -0.05) is 18.2 Å². The molecule has 1 atom stereocenters. The molecule has 2 aromatic rings. The zero-order chi connectivity index (χ0) is 14.7. The van der Waals surface area contributed by atoms with E-state index in [1.54, 1.807) is 10.9 Å². The second kappa shape index (κ2) is 5.83. The number of para-hydroxylation sites is 1. The number of hydrogen-bond donors (Lipinski definition) is 1. The SMILES string of the molecule is C[C@@H](Cn1cccn1)NC(=O)C1=Cc2ccccc2OC1. The molecular weight excluding hydrogens is 266 g/mol. The first-order valence-corrected chi connectivity index (χ1v) is 6.93. The number of hydrogen-bond acceptors (Lipinski definition) is 3. The van der Waals surface area contributed by atoms with Crippen molar-refractivity contribution in [1.29, 1.82) is 0 Å². The van der Waals surface area contributed by atoms with Gasteiger partial charge in [-0.15, -0.1) is 0 Å². The molecule has 0 unspecified atom stereocenters. The van der Waals surface area contributed by atoms with E-state index in [9.17, 15) is 4.79 Å². The maximum absolute atomic E-state index is 12.3. The highest BCUT2D eigenvalue weighted by molar-refractivity contribution is 5.99. The molecule has 2 heterocycles. The summed E-state index contributed by atoms with van der Waals surface area (Å²) in [7, 11) is 0. The molecule has 0 spiro atoms. The summed E-state index contributed by atoms with van der Waals surface area (Å²) >= 11 is 0. The van der Waals surface area contributed by atoms with Crippen LogP contribution in [0.25, 0.3) is 6.08 Å². The Morgan fingerprint density at radius 3 is 3.10 bits per heavy atom. The Morgan fingerprint density at radius 1 is 1.43 bits per heavy atom. The van der Waals surface area contributed by atoms with E-state index in [1.807, 2.05) is 49.5 Å². The highest BCUT2D eigenvalue weighted by Gasteiger charge is 2.18. The second-order valence-electron chi connectivity index (χ2n) is 5.10. The molecule has 1 amide bonds. The fraction of sp³-hybridized carbons (Fsp3) is 0.250. The van der Waals surface area contributed by atoms with Gasteiger partial charge < -0.3 is 10.1 Å². The van der Waals surface area contributed by atoms with Crippen molar-refractivity contribution in [2.45, 2.75) is 19.5 Å². The predicted molar refractivity (Wildman–Crippen MR) is 79.7 cm³/mol. The molecule has 5 heteroatoms. The quantitative estimate of drug-likeness (QED) is 0.932. The van der Waals surface area contributed by atoms with Crippen molar-refractivity contribution in [3.63, 3.8) is 0 Å². The normalized spacial score (nSPS) is 14.6. The molecule has 1 aromatic heterocycles. The van der Waals surface area contributed by atoms with Gasteiger partial charge in [0.15, 0.2) is 0 Å². The molecule has 21 heavy (non-hydrogen) atoms. The Bertz CT molecular complexity index is 662. The third-order valence-electron chi connectivity index (χ3n) is 3.32. The van der Waals surface area contributed by atoms with E-state index in [1.165, 1.54) is 0 Å². The summed E-state index contributed by atoms with van der Waals surface area (Å²) in [6.07, 6.45) is 5.49. The van der Waals surface area contributed by atoms with Gasteiger partial charge in [0.1, 0.15) is 12.4 Å². The number of nitrogens with zero attached hydrogens (tertiary/aromatic N) is 2. The van der Waals surface area contributed by atoms with Gasteiger partial charge in [-0.05, 0) is 25.1 Å². The molecule has 0 radical (unpaired) electrons. The largest absolute Gasteiger partial charge is 0.488 e. The number of carbonyl (C=O) groups excluding carboxylic acids is 1. The zero-order valence-corrected chi connectivity index (χ0v) is 11.8. The van der Waals surface area contributed by atoms with E-state index in [-0.39, 0.29) is 11.9 Å². The second-order valence-corrected chi connectivity index (χ2v) is 5.10. The highest BCUT2D eigenvalue weighted by atomic mass is 16.5. The lowest BCUT2D eigenvalue weighted by molar-refractivity contribution is -0.118. The number of ether oxygens (including phenoxy) is 1. The minimum Gasteiger partial charge on any atom is -0.488 e. The molecule has 1 aliphatic heterocycles. The van der Waals surface area contributed by atoms with Gasteiger partial charge in [0, 0.05) is 24.0 Å². The van der Waals surface area contributed by atoms with Crippen molar-refractivity contribution in [1.82, 2.24) is 15.1 Å². The maximum atomic E-state index is 12.3. The minimum atomic E-state index is -0.0934. The van der Waals surface area contributed by atoms with E-state index in [2.05, 4.69) is 10.4 Å². The maximum Gasteiger partial charge on any atom is 0.250 e. The summed E-state index contributed by atoms with van der Waals surface area (Å²) in [4.78, 5) is 12.3. The smallest absolute Gasteiger partial charge is 0.250 e. The van der Waals surface area contributed by atoms with Crippen LogP contribution in [-0.2, 0) is 11.3 Å². The van der Waals surface area contributed by atoms with Crippen molar-refractivity contribution in [3.05, 3.63) is 53.9 Å². The number of rotatable bonds is 4. The Labute approximate surface area is 123 Å². The van der Waals surface area contributed by atoms with Crippen molar-refractivity contribution >= 4 is 12.0 Å². The fourth-order valence-corrected chi connectivity index (χ4v) is 2.30. The summed E-state index contributed by atoms with van der Waals surface area (Å²) in [5.41, 5.74) is 1.58. The average Bonchev–Trinajstić information content (AvgIpc) is 2.99. The van der Waals surface area contributed by atoms with Gasteiger partial charge in [-0.2, -0.15) is 5.10 Å². The molecule has 5 nitrogen and oxygen atoms in total. The molecular formula is C16H17N3O2. The van der Waals surface area contributed by atoms with Gasteiger partial charge in [0.05, 0.1) is 12.1 Å². The zero-order valence-electron chi connectivity index (χ0n) is 11.8. The van der Waals surface area contributed by atoms with E-state index < -0.39 is 0 Å². The van der Waals surface area contributed by atoms with Crippen LogP contribution in [0.2, 0.25) is 0 Å². The number of aromatic nitrogens is 2. The molecule has 0 bridgehead atoms. The Hall–Kier alpha value is -2.56. The lowest BCUT2D eigenvalue weighted by atomic mass is 10.1. The van der Waals surface area contributed by atoms with Crippen LogP contribution >= 0.6 is 0 Å². The molecule has 1 aliphatic rings. The van der Waals surface area contributed by atoms with Gasteiger partial charge >= 0.3 is 0 Å². The van der Waals surface area contributed by atoms with Crippen molar-refractivity contribution in [2.24, 2.45) is 0 Å².